The molecule has 0 aliphatic rings. The molecule has 1 amide bonds. The van der Waals surface area contributed by atoms with Crippen molar-refractivity contribution in [3.8, 4) is 0 Å². The van der Waals surface area contributed by atoms with Gasteiger partial charge in [-0.25, -0.2) is 0 Å². The van der Waals surface area contributed by atoms with E-state index in [1.54, 1.807) is 0 Å². The molecule has 1 aromatic carbocycles. The van der Waals surface area contributed by atoms with Gasteiger partial charge in [-0.1, -0.05) is 53.2 Å². The van der Waals surface area contributed by atoms with Crippen molar-refractivity contribution >= 4 is 38.3 Å². The molecule has 0 bridgehead atoms. The van der Waals surface area contributed by atoms with E-state index in [-0.39, 0.29) is 5.91 Å². The molecule has 0 aliphatic carbocycles. The Morgan fingerprint density at radius 1 is 1.38 bits per heavy atom. The van der Waals surface area contributed by atoms with Gasteiger partial charge in [-0.15, -0.1) is 10.2 Å². The number of nitrogens with one attached hydrogen (secondary N) is 1. The number of nitrogens with zero attached hydrogens (tertiary/aromatic N) is 2. The molecule has 0 saturated carbocycles. The number of anilines is 1. The quantitative estimate of drug-likeness (QED) is 0.836. The van der Waals surface area contributed by atoms with Gasteiger partial charge in [0.25, 0.3) is 0 Å². The van der Waals surface area contributed by atoms with Crippen LogP contribution in [-0.4, -0.2) is 16.1 Å². The van der Waals surface area contributed by atoms with E-state index in [0.717, 1.165) is 21.5 Å². The number of rotatable bonds is 6. The highest BCUT2D eigenvalue weighted by molar-refractivity contribution is 9.10. The van der Waals surface area contributed by atoms with Gasteiger partial charge in [0, 0.05) is 17.3 Å². The molecule has 0 aliphatic heterocycles. The predicted octanol–water partition coefficient (Wildman–Crippen LogP) is 4.07. The molecule has 0 fully saturated rings. The van der Waals surface area contributed by atoms with Crippen molar-refractivity contribution in [1.82, 2.24) is 10.2 Å². The van der Waals surface area contributed by atoms with Crippen LogP contribution < -0.4 is 5.32 Å². The summed E-state index contributed by atoms with van der Waals surface area (Å²) < 4.78 is 1.03. The van der Waals surface area contributed by atoms with Crippen molar-refractivity contribution in [2.45, 2.75) is 33.1 Å². The van der Waals surface area contributed by atoms with Crippen LogP contribution in [0, 0.1) is 5.92 Å². The molecule has 0 unspecified atom stereocenters. The molecule has 0 spiro atoms. The molecule has 4 nitrogen and oxygen atoms in total. The van der Waals surface area contributed by atoms with Gasteiger partial charge in [0.2, 0.25) is 11.0 Å². The van der Waals surface area contributed by atoms with Gasteiger partial charge in [-0.2, -0.15) is 0 Å². The lowest BCUT2D eigenvalue weighted by Crippen LogP contribution is -2.12. The molecule has 21 heavy (non-hydrogen) atoms. The number of halogens is 1. The molecule has 6 heteroatoms. The van der Waals surface area contributed by atoms with E-state index in [2.05, 4.69) is 45.3 Å². The van der Waals surface area contributed by atoms with Gasteiger partial charge < -0.3 is 5.32 Å². The van der Waals surface area contributed by atoms with Crippen LogP contribution >= 0.6 is 27.3 Å². The van der Waals surface area contributed by atoms with Crippen LogP contribution in [0.5, 0.6) is 0 Å². The van der Waals surface area contributed by atoms with Crippen molar-refractivity contribution in [2.75, 3.05) is 5.32 Å². The summed E-state index contributed by atoms with van der Waals surface area (Å²) in [5, 5.41) is 12.5. The van der Waals surface area contributed by atoms with Gasteiger partial charge in [0.1, 0.15) is 5.01 Å². The standard InChI is InChI=1S/C15H18BrN3OS/c1-10(2)8-14-18-19-15(21-14)17-13(20)7-6-11-4-3-5-12(16)9-11/h3-5,9-10H,6-8H2,1-2H3,(H,17,19,20). The lowest BCUT2D eigenvalue weighted by Gasteiger charge is -2.02. The molecular weight excluding hydrogens is 350 g/mol. The molecule has 0 saturated heterocycles. The maximum Gasteiger partial charge on any atom is 0.226 e. The van der Waals surface area contributed by atoms with Crippen LogP contribution in [0.2, 0.25) is 0 Å². The van der Waals surface area contributed by atoms with Gasteiger partial charge in [-0.3, -0.25) is 4.79 Å². The predicted molar refractivity (Wildman–Crippen MR) is 89.5 cm³/mol. The fourth-order valence-corrected chi connectivity index (χ4v) is 3.28. The highest BCUT2D eigenvalue weighted by Gasteiger charge is 2.09. The summed E-state index contributed by atoms with van der Waals surface area (Å²) in [4.78, 5) is 11.9. The third kappa shape index (κ3) is 5.55. The van der Waals surface area contributed by atoms with E-state index >= 15 is 0 Å². The number of amides is 1. The monoisotopic (exact) mass is 367 g/mol. The fraction of sp³-hybridized carbons (Fsp3) is 0.400. The molecular formula is C15H18BrN3OS. The minimum Gasteiger partial charge on any atom is -0.301 e. The number of benzene rings is 1. The summed E-state index contributed by atoms with van der Waals surface area (Å²) >= 11 is 4.88. The normalized spacial score (nSPS) is 10.9. The third-order valence-corrected chi connectivity index (χ3v) is 4.18. The SMILES string of the molecule is CC(C)Cc1nnc(NC(=O)CCc2cccc(Br)c2)s1. The Labute approximate surface area is 137 Å². The Balaban J connectivity index is 1.83. The smallest absolute Gasteiger partial charge is 0.226 e. The summed E-state index contributed by atoms with van der Waals surface area (Å²) in [7, 11) is 0. The van der Waals surface area contributed by atoms with Gasteiger partial charge in [-0.05, 0) is 30.0 Å². The molecule has 1 N–H and O–H groups in total. The number of aromatic nitrogens is 2. The lowest BCUT2D eigenvalue weighted by atomic mass is 10.1. The van der Waals surface area contributed by atoms with Crippen molar-refractivity contribution < 1.29 is 4.79 Å². The van der Waals surface area contributed by atoms with E-state index in [1.807, 2.05) is 24.3 Å². The van der Waals surface area contributed by atoms with E-state index in [1.165, 1.54) is 11.3 Å². The van der Waals surface area contributed by atoms with Crippen molar-refractivity contribution in [2.24, 2.45) is 5.92 Å². The first-order valence-electron chi connectivity index (χ1n) is 6.89. The highest BCUT2D eigenvalue weighted by atomic mass is 79.9. The second kappa shape index (κ2) is 7.66. The number of aryl methyl sites for hydroxylation is 1. The Kier molecular flexibility index (Phi) is 5.87. The van der Waals surface area contributed by atoms with E-state index in [9.17, 15) is 4.79 Å². The first-order chi connectivity index (χ1) is 10.0. The number of carbonyl (C=O) groups is 1. The van der Waals surface area contributed by atoms with Crippen molar-refractivity contribution in [3.63, 3.8) is 0 Å². The number of carbonyl (C=O) groups excluding carboxylic acids is 1. The second-order valence-electron chi connectivity index (χ2n) is 5.28. The van der Waals surface area contributed by atoms with Gasteiger partial charge in [0.05, 0.1) is 0 Å². The van der Waals surface area contributed by atoms with Crippen LogP contribution in [0.1, 0.15) is 30.8 Å². The molecule has 1 heterocycles. The summed E-state index contributed by atoms with van der Waals surface area (Å²) in [6.07, 6.45) is 2.05. The zero-order valence-electron chi connectivity index (χ0n) is 12.1. The Morgan fingerprint density at radius 2 is 2.19 bits per heavy atom. The Bertz CT molecular complexity index is 612. The van der Waals surface area contributed by atoms with Crippen LogP contribution in [0.15, 0.2) is 28.7 Å². The van der Waals surface area contributed by atoms with E-state index in [4.69, 9.17) is 0 Å². The number of hydrogen-bond acceptors (Lipinski definition) is 4. The largest absolute Gasteiger partial charge is 0.301 e. The second-order valence-corrected chi connectivity index (χ2v) is 7.25. The topological polar surface area (TPSA) is 54.9 Å². The third-order valence-electron chi connectivity index (χ3n) is 2.83. The van der Waals surface area contributed by atoms with Crippen molar-refractivity contribution in [1.29, 1.82) is 0 Å². The average Bonchev–Trinajstić information content (AvgIpc) is 2.83. The molecule has 112 valence electrons. The Hall–Kier alpha value is -1.27. The summed E-state index contributed by atoms with van der Waals surface area (Å²) in [6, 6.07) is 7.99. The zero-order chi connectivity index (χ0) is 15.2. The van der Waals surface area contributed by atoms with E-state index in [0.29, 0.717) is 23.9 Å². The minimum absolute atomic E-state index is 0.0257. The highest BCUT2D eigenvalue weighted by Crippen LogP contribution is 2.19. The first kappa shape index (κ1) is 16.1. The molecule has 2 aromatic rings. The van der Waals surface area contributed by atoms with Crippen LogP contribution in [0.25, 0.3) is 0 Å². The molecule has 0 radical (unpaired) electrons. The fourth-order valence-electron chi connectivity index (χ4n) is 1.87. The van der Waals surface area contributed by atoms with Crippen LogP contribution in [0.3, 0.4) is 0 Å². The average molecular weight is 368 g/mol. The van der Waals surface area contributed by atoms with Gasteiger partial charge >= 0.3 is 0 Å². The minimum atomic E-state index is -0.0257. The van der Waals surface area contributed by atoms with Crippen LogP contribution in [-0.2, 0) is 17.6 Å². The lowest BCUT2D eigenvalue weighted by molar-refractivity contribution is -0.116. The molecule has 1 aromatic heterocycles. The van der Waals surface area contributed by atoms with E-state index < -0.39 is 0 Å². The Morgan fingerprint density at radius 3 is 2.90 bits per heavy atom. The van der Waals surface area contributed by atoms with Gasteiger partial charge in [0.15, 0.2) is 0 Å². The van der Waals surface area contributed by atoms with Crippen molar-refractivity contribution in [3.05, 3.63) is 39.3 Å². The molecule has 0 atom stereocenters. The van der Waals surface area contributed by atoms with Crippen LogP contribution in [0.4, 0.5) is 5.13 Å². The first-order valence-corrected chi connectivity index (χ1v) is 8.50. The maximum absolute atomic E-state index is 11.9. The summed E-state index contributed by atoms with van der Waals surface area (Å²) in [6.45, 7) is 4.27. The maximum atomic E-state index is 11.9. The summed E-state index contributed by atoms with van der Waals surface area (Å²) in [5.74, 6) is 0.514. The zero-order valence-corrected chi connectivity index (χ0v) is 14.5. The molecule has 2 rings (SSSR count). The number of hydrogen-bond donors (Lipinski definition) is 1. The summed E-state index contributed by atoms with van der Waals surface area (Å²) in [5.41, 5.74) is 1.14.